The molecule has 0 fully saturated rings. The highest BCUT2D eigenvalue weighted by Gasteiger charge is 2.29. The third kappa shape index (κ3) is 8.09. The second-order valence-corrected chi connectivity index (χ2v) is 6.04. The van der Waals surface area contributed by atoms with E-state index in [0.29, 0.717) is 0 Å². The van der Waals surface area contributed by atoms with Crippen LogP contribution in [0.2, 0.25) is 0 Å². The number of alkyl halides is 3. The zero-order valence-corrected chi connectivity index (χ0v) is 6.61. The number of hydrogen-bond donors (Lipinski definition) is 0. The Kier molecular flexibility index (Phi) is 3.02. The van der Waals surface area contributed by atoms with Gasteiger partial charge in [0.05, 0.1) is 0 Å². The fourth-order valence-electron chi connectivity index (χ4n) is 0.174. The van der Waals surface area contributed by atoms with Gasteiger partial charge >= 0.3 is 6.18 Å². The Morgan fingerprint density at radius 2 is 1.80 bits per heavy atom. The highest BCUT2D eigenvalue weighted by atomic mass is 33.1. The van der Waals surface area contributed by atoms with Crippen molar-refractivity contribution < 1.29 is 21.6 Å². The number of hydrogen-bond acceptors (Lipinski definition) is 3. The Morgan fingerprint density at radius 1 is 1.40 bits per heavy atom. The molecule has 0 aromatic rings. The predicted molar refractivity (Wildman–Crippen MR) is 33.4 cm³/mol. The maximum absolute atomic E-state index is 11.3. The molecule has 0 saturated heterocycles. The molecule has 0 atom stereocenters. The van der Waals surface area contributed by atoms with Gasteiger partial charge in [-0.1, -0.05) is 0 Å². The molecule has 10 heavy (non-hydrogen) atoms. The van der Waals surface area contributed by atoms with E-state index in [-0.39, 0.29) is 10.8 Å². The van der Waals surface area contributed by atoms with Gasteiger partial charge < -0.3 is 0 Å². The summed E-state index contributed by atoms with van der Waals surface area (Å²) < 4.78 is 54.2. The van der Waals surface area contributed by atoms with E-state index >= 15 is 0 Å². The van der Waals surface area contributed by atoms with E-state index in [4.69, 9.17) is 0 Å². The molecule has 0 heterocycles. The first-order valence-electron chi connectivity index (χ1n) is 2.12. The van der Waals surface area contributed by atoms with E-state index in [1.165, 1.54) is 0 Å². The van der Waals surface area contributed by atoms with Crippen LogP contribution >= 0.6 is 10.8 Å². The first-order chi connectivity index (χ1) is 4.21. The van der Waals surface area contributed by atoms with Crippen molar-refractivity contribution in [3.05, 3.63) is 0 Å². The SMILES string of the molecule is CS(=O)(=O)SCC(F)(F)F. The van der Waals surface area contributed by atoms with Crippen molar-refractivity contribution in [3.8, 4) is 0 Å². The molecule has 0 spiro atoms. The molecule has 0 unspecified atom stereocenters. The van der Waals surface area contributed by atoms with Gasteiger partial charge in [-0.05, 0) is 10.8 Å². The molecular formula is C3H5F3O2S2. The van der Waals surface area contributed by atoms with Crippen molar-refractivity contribution in [3.63, 3.8) is 0 Å². The Morgan fingerprint density at radius 3 is 1.90 bits per heavy atom. The minimum atomic E-state index is -4.41. The second-order valence-electron chi connectivity index (χ2n) is 1.58. The summed E-state index contributed by atoms with van der Waals surface area (Å²) in [5.41, 5.74) is 0. The minimum absolute atomic E-state index is 0.112. The van der Waals surface area contributed by atoms with Crippen LogP contribution in [0.15, 0.2) is 0 Å². The predicted octanol–water partition coefficient (Wildman–Crippen LogP) is 1.24. The number of halogens is 3. The molecule has 0 aliphatic rings. The van der Waals surface area contributed by atoms with Gasteiger partial charge in [0.1, 0.15) is 5.75 Å². The van der Waals surface area contributed by atoms with E-state index in [0.717, 1.165) is 6.26 Å². The smallest absolute Gasteiger partial charge is 0.218 e. The van der Waals surface area contributed by atoms with Crippen LogP contribution in [0.25, 0.3) is 0 Å². The summed E-state index contributed by atoms with van der Waals surface area (Å²) in [6, 6.07) is 0. The molecule has 0 saturated carbocycles. The van der Waals surface area contributed by atoms with Gasteiger partial charge in [0.25, 0.3) is 0 Å². The highest BCUT2D eigenvalue weighted by Crippen LogP contribution is 2.23. The van der Waals surface area contributed by atoms with Crippen molar-refractivity contribution >= 4 is 19.7 Å². The van der Waals surface area contributed by atoms with Gasteiger partial charge in [0, 0.05) is 6.26 Å². The van der Waals surface area contributed by atoms with Crippen LogP contribution in [0.1, 0.15) is 0 Å². The average molecular weight is 194 g/mol. The number of rotatable bonds is 2. The minimum Gasteiger partial charge on any atom is -0.218 e. The zero-order chi connectivity index (χ0) is 8.41. The van der Waals surface area contributed by atoms with Crippen molar-refractivity contribution in [2.45, 2.75) is 6.18 Å². The molecule has 0 aromatic carbocycles. The Balaban J connectivity index is 3.79. The fraction of sp³-hybridized carbons (Fsp3) is 1.00. The lowest BCUT2D eigenvalue weighted by Crippen LogP contribution is -2.12. The molecule has 0 aromatic heterocycles. The van der Waals surface area contributed by atoms with Crippen LogP contribution in [0.4, 0.5) is 13.2 Å². The molecule has 0 aliphatic heterocycles. The van der Waals surface area contributed by atoms with Crippen LogP contribution in [0, 0.1) is 0 Å². The van der Waals surface area contributed by atoms with Crippen LogP contribution in [-0.4, -0.2) is 26.6 Å². The van der Waals surface area contributed by atoms with Crippen molar-refractivity contribution in [2.75, 3.05) is 12.0 Å². The summed E-state index contributed by atoms with van der Waals surface area (Å²) >= 11 is 0. The molecule has 62 valence electrons. The third-order valence-corrected chi connectivity index (χ3v) is 2.95. The first kappa shape index (κ1) is 10.1. The normalized spacial score (nSPS) is 13.6. The lowest BCUT2D eigenvalue weighted by atomic mass is 10.8. The molecular weight excluding hydrogens is 189 g/mol. The highest BCUT2D eigenvalue weighted by molar-refractivity contribution is 8.71. The van der Waals surface area contributed by atoms with Crippen molar-refractivity contribution in [2.24, 2.45) is 0 Å². The maximum atomic E-state index is 11.3. The molecule has 0 bridgehead atoms. The largest absolute Gasteiger partial charge is 0.398 e. The van der Waals surface area contributed by atoms with Crippen LogP contribution in [-0.2, 0) is 8.87 Å². The van der Waals surface area contributed by atoms with Gasteiger partial charge in [-0.3, -0.25) is 0 Å². The Hall–Kier alpha value is 0.0900. The van der Waals surface area contributed by atoms with Crippen LogP contribution in [0.5, 0.6) is 0 Å². The van der Waals surface area contributed by atoms with Crippen molar-refractivity contribution in [1.82, 2.24) is 0 Å². The van der Waals surface area contributed by atoms with Gasteiger partial charge in [-0.25, -0.2) is 8.42 Å². The van der Waals surface area contributed by atoms with Crippen LogP contribution in [0.3, 0.4) is 0 Å². The molecule has 0 aliphatic carbocycles. The maximum Gasteiger partial charge on any atom is 0.398 e. The summed E-state index contributed by atoms with van der Waals surface area (Å²) in [5, 5.41) is 0. The zero-order valence-electron chi connectivity index (χ0n) is 4.97. The first-order valence-corrected chi connectivity index (χ1v) is 5.51. The average Bonchev–Trinajstić information content (AvgIpc) is 1.57. The van der Waals surface area contributed by atoms with E-state index in [1.54, 1.807) is 0 Å². The second kappa shape index (κ2) is 3.00. The standard InChI is InChI=1S/C3H5F3O2S2/c1-10(7,8)9-2-3(4,5)6/h2H2,1H3. The fourth-order valence-corrected chi connectivity index (χ4v) is 1.56. The van der Waals surface area contributed by atoms with E-state index < -0.39 is 20.8 Å². The topological polar surface area (TPSA) is 34.1 Å². The lowest BCUT2D eigenvalue weighted by molar-refractivity contribution is -0.105. The van der Waals surface area contributed by atoms with Crippen molar-refractivity contribution in [1.29, 1.82) is 0 Å². The molecule has 7 heteroatoms. The third-order valence-electron chi connectivity index (χ3n) is 0.437. The van der Waals surface area contributed by atoms with E-state index in [1.807, 2.05) is 0 Å². The van der Waals surface area contributed by atoms with Gasteiger partial charge in [0.15, 0.2) is 8.87 Å². The molecule has 0 amide bonds. The van der Waals surface area contributed by atoms with E-state index in [2.05, 4.69) is 0 Å². The van der Waals surface area contributed by atoms with Gasteiger partial charge in [-0.2, -0.15) is 13.2 Å². The summed E-state index contributed by atoms with van der Waals surface area (Å²) in [6.45, 7) is 0. The molecule has 2 nitrogen and oxygen atoms in total. The monoisotopic (exact) mass is 194 g/mol. The molecule has 0 N–H and O–H groups in total. The summed E-state index contributed by atoms with van der Waals surface area (Å²) in [7, 11) is -3.67. The van der Waals surface area contributed by atoms with Crippen LogP contribution < -0.4 is 0 Å². The summed E-state index contributed by atoms with van der Waals surface area (Å²) in [6.07, 6.45) is -3.67. The van der Waals surface area contributed by atoms with E-state index in [9.17, 15) is 21.6 Å². The summed E-state index contributed by atoms with van der Waals surface area (Å²) in [4.78, 5) is 0. The molecule has 0 rings (SSSR count). The lowest BCUT2D eigenvalue weighted by Gasteiger charge is -2.02. The van der Waals surface area contributed by atoms with Gasteiger partial charge in [-0.15, -0.1) is 0 Å². The molecule has 0 radical (unpaired) electrons. The summed E-state index contributed by atoms with van der Waals surface area (Å²) in [5.74, 6) is -1.34. The quantitative estimate of drug-likeness (QED) is 0.620. The Bertz CT molecular complexity index is 192. The van der Waals surface area contributed by atoms with Gasteiger partial charge in [0.2, 0.25) is 0 Å². The Labute approximate surface area is 60.1 Å².